The second kappa shape index (κ2) is 5.74. The van der Waals surface area contributed by atoms with Gasteiger partial charge in [-0.15, -0.1) is 0 Å². The Hall–Kier alpha value is 0.531. The largest absolute Gasteiger partial charge is 0.330 e. The van der Waals surface area contributed by atoms with Gasteiger partial charge in [0.15, 0.2) is 29.5 Å². The molecule has 1 aliphatic rings. The number of hydrogen-bond donors (Lipinski definition) is 0. The molecule has 1 aliphatic heterocycles. The van der Waals surface area contributed by atoms with E-state index in [0.717, 1.165) is 18.1 Å². The van der Waals surface area contributed by atoms with E-state index in [-0.39, 0.29) is 29.5 Å². The maximum absolute atomic E-state index is 2.84. The summed E-state index contributed by atoms with van der Waals surface area (Å²) in [5, 5.41) is 0. The first-order chi connectivity index (χ1) is 6.91. The standard InChI is InChI=1S/C9H27N3Si3/c1-7(2)10-13-11(8(3)4)15-12(14-10)9(5)6/h7-9H,13-15H2,1-6H3. The average molecular weight is 262 g/mol. The summed E-state index contributed by atoms with van der Waals surface area (Å²) in [5.74, 6) is 0. The van der Waals surface area contributed by atoms with Gasteiger partial charge in [-0.05, 0) is 18.1 Å². The average Bonchev–Trinajstić information content (AvgIpc) is 2.16. The van der Waals surface area contributed by atoms with Crippen molar-refractivity contribution in [3.8, 4) is 0 Å². The monoisotopic (exact) mass is 261 g/mol. The van der Waals surface area contributed by atoms with Gasteiger partial charge in [-0.2, -0.15) is 0 Å². The van der Waals surface area contributed by atoms with Crippen LogP contribution in [-0.4, -0.2) is 60.3 Å². The third-order valence-electron chi connectivity index (χ3n) is 3.28. The van der Waals surface area contributed by atoms with Gasteiger partial charge < -0.3 is 12.7 Å². The molecule has 1 fully saturated rings. The first-order valence-electron chi connectivity index (χ1n) is 6.14. The van der Waals surface area contributed by atoms with Crippen LogP contribution in [-0.2, 0) is 0 Å². The summed E-state index contributed by atoms with van der Waals surface area (Å²) in [5.41, 5.74) is 0. The zero-order valence-electron chi connectivity index (χ0n) is 11.2. The quantitative estimate of drug-likeness (QED) is 0.612. The lowest BCUT2D eigenvalue weighted by Crippen LogP contribution is -2.65. The molecule has 0 aromatic heterocycles. The molecule has 0 aliphatic carbocycles. The van der Waals surface area contributed by atoms with Crippen molar-refractivity contribution >= 4 is 29.5 Å². The summed E-state index contributed by atoms with van der Waals surface area (Å²) in [6, 6.07) is 2.33. The van der Waals surface area contributed by atoms with Gasteiger partial charge in [-0.3, -0.25) is 0 Å². The fourth-order valence-electron chi connectivity index (χ4n) is 1.81. The van der Waals surface area contributed by atoms with Gasteiger partial charge in [0.2, 0.25) is 0 Å². The van der Waals surface area contributed by atoms with Gasteiger partial charge in [0.05, 0.1) is 0 Å². The van der Waals surface area contributed by atoms with Gasteiger partial charge in [0.25, 0.3) is 0 Å². The molecule has 0 N–H and O–H groups in total. The van der Waals surface area contributed by atoms with Crippen LogP contribution in [0.5, 0.6) is 0 Å². The lowest BCUT2D eigenvalue weighted by molar-refractivity contribution is 0.384. The second-order valence-electron chi connectivity index (χ2n) is 5.47. The molecule has 0 unspecified atom stereocenters. The Morgan fingerprint density at radius 1 is 0.533 bits per heavy atom. The van der Waals surface area contributed by atoms with Crippen LogP contribution in [0.25, 0.3) is 0 Å². The summed E-state index contributed by atoms with van der Waals surface area (Å²) in [7, 11) is -0.221. The Labute approximate surface area is 102 Å². The fraction of sp³-hybridized carbons (Fsp3) is 1.00. The first kappa shape index (κ1) is 13.6. The summed E-state index contributed by atoms with van der Waals surface area (Å²) in [6.07, 6.45) is 0. The van der Waals surface area contributed by atoms with E-state index in [1.165, 1.54) is 0 Å². The Kier molecular flexibility index (Phi) is 5.20. The molecule has 0 spiro atoms. The van der Waals surface area contributed by atoms with Crippen molar-refractivity contribution < 1.29 is 0 Å². The van der Waals surface area contributed by atoms with Crippen molar-refractivity contribution in [3.05, 3.63) is 0 Å². The van der Waals surface area contributed by atoms with E-state index in [1.54, 1.807) is 0 Å². The molecule has 6 heteroatoms. The Morgan fingerprint density at radius 3 is 0.867 bits per heavy atom. The maximum Gasteiger partial charge on any atom is 0.161 e. The van der Waals surface area contributed by atoms with E-state index < -0.39 is 0 Å². The van der Waals surface area contributed by atoms with Crippen molar-refractivity contribution in [2.45, 2.75) is 59.7 Å². The van der Waals surface area contributed by atoms with Gasteiger partial charge in [0, 0.05) is 0 Å². The summed E-state index contributed by atoms with van der Waals surface area (Å²) >= 11 is 0. The van der Waals surface area contributed by atoms with Crippen LogP contribution in [0.15, 0.2) is 0 Å². The Morgan fingerprint density at radius 2 is 0.733 bits per heavy atom. The molecule has 3 nitrogen and oxygen atoms in total. The van der Waals surface area contributed by atoms with Crippen molar-refractivity contribution in [1.82, 2.24) is 12.7 Å². The first-order valence-corrected chi connectivity index (χ1v) is 9.93. The third kappa shape index (κ3) is 3.79. The Balaban J connectivity index is 2.64. The third-order valence-corrected chi connectivity index (χ3v) is 13.4. The zero-order valence-corrected chi connectivity index (χ0v) is 15.4. The van der Waals surface area contributed by atoms with Crippen molar-refractivity contribution in [2.75, 3.05) is 0 Å². The van der Waals surface area contributed by atoms with Crippen molar-refractivity contribution in [3.63, 3.8) is 0 Å². The van der Waals surface area contributed by atoms with Crippen LogP contribution in [0.3, 0.4) is 0 Å². The molecule has 0 aromatic rings. The molecule has 0 bridgehead atoms. The van der Waals surface area contributed by atoms with Crippen LogP contribution < -0.4 is 0 Å². The highest BCUT2D eigenvalue weighted by Gasteiger charge is 2.28. The summed E-state index contributed by atoms with van der Waals surface area (Å²) in [4.78, 5) is 0. The van der Waals surface area contributed by atoms with Crippen LogP contribution in [0.1, 0.15) is 41.5 Å². The normalized spacial score (nSPS) is 27.0. The predicted molar refractivity (Wildman–Crippen MR) is 76.6 cm³/mol. The van der Waals surface area contributed by atoms with Crippen LogP contribution in [0, 0.1) is 0 Å². The number of nitrogens with zero attached hydrogens (tertiary/aromatic N) is 3. The highest BCUT2D eigenvalue weighted by Crippen LogP contribution is 2.10. The van der Waals surface area contributed by atoms with E-state index in [4.69, 9.17) is 0 Å². The molecular weight excluding hydrogens is 234 g/mol. The fourth-order valence-corrected chi connectivity index (χ4v) is 13.4. The van der Waals surface area contributed by atoms with Crippen LogP contribution >= 0.6 is 0 Å². The van der Waals surface area contributed by atoms with E-state index in [2.05, 4.69) is 54.2 Å². The SMILES string of the molecule is CC(C)N1[SiH2]N(C(C)C)[SiH2]N(C(C)C)[SiH2]1. The van der Waals surface area contributed by atoms with Crippen molar-refractivity contribution in [2.24, 2.45) is 0 Å². The van der Waals surface area contributed by atoms with E-state index in [9.17, 15) is 0 Å². The smallest absolute Gasteiger partial charge is 0.161 e. The molecule has 0 amide bonds. The molecule has 0 radical (unpaired) electrons. The van der Waals surface area contributed by atoms with Crippen LogP contribution in [0.4, 0.5) is 0 Å². The zero-order chi connectivity index (χ0) is 11.6. The van der Waals surface area contributed by atoms with Crippen molar-refractivity contribution in [1.29, 1.82) is 0 Å². The van der Waals surface area contributed by atoms with E-state index in [1.807, 2.05) is 0 Å². The maximum atomic E-state index is 2.84. The van der Waals surface area contributed by atoms with E-state index >= 15 is 0 Å². The summed E-state index contributed by atoms with van der Waals surface area (Å²) in [6.45, 7) is 14.2. The van der Waals surface area contributed by atoms with Gasteiger partial charge in [-0.1, -0.05) is 41.5 Å². The molecule has 1 heterocycles. The van der Waals surface area contributed by atoms with Gasteiger partial charge >= 0.3 is 0 Å². The molecule has 0 saturated carbocycles. The lowest BCUT2D eigenvalue weighted by atomic mass is 10.4. The molecule has 1 saturated heterocycles. The van der Waals surface area contributed by atoms with Crippen LogP contribution in [0.2, 0.25) is 0 Å². The van der Waals surface area contributed by atoms with Gasteiger partial charge in [-0.25, -0.2) is 0 Å². The summed E-state index contributed by atoms with van der Waals surface area (Å²) < 4.78 is 8.53. The number of hydrogen-bond acceptors (Lipinski definition) is 3. The minimum absolute atomic E-state index is 0.0738. The van der Waals surface area contributed by atoms with E-state index in [0.29, 0.717) is 0 Å². The minimum Gasteiger partial charge on any atom is -0.330 e. The predicted octanol–water partition coefficient (Wildman–Crippen LogP) is -0.872. The van der Waals surface area contributed by atoms with Gasteiger partial charge in [0.1, 0.15) is 0 Å². The second-order valence-corrected chi connectivity index (χ2v) is 13.9. The molecule has 15 heavy (non-hydrogen) atoms. The molecule has 90 valence electrons. The highest BCUT2D eigenvalue weighted by atomic mass is 28.4. The number of rotatable bonds is 3. The Bertz CT molecular complexity index is 160. The minimum atomic E-state index is -0.0738. The lowest BCUT2D eigenvalue weighted by Gasteiger charge is -2.46. The topological polar surface area (TPSA) is 9.72 Å². The molecule has 0 atom stereocenters. The molecular formula is C9H27N3Si3. The highest BCUT2D eigenvalue weighted by molar-refractivity contribution is 6.64. The molecule has 1 rings (SSSR count). The molecule has 0 aromatic carbocycles.